The van der Waals surface area contributed by atoms with E-state index in [4.69, 9.17) is 4.52 Å². The Bertz CT molecular complexity index is 404. The van der Waals surface area contributed by atoms with Crippen molar-refractivity contribution in [3.63, 3.8) is 0 Å². The summed E-state index contributed by atoms with van der Waals surface area (Å²) in [6.45, 7) is 7.86. The maximum atomic E-state index is 5.43. The minimum Gasteiger partial charge on any atom is -0.339 e. The molecule has 0 spiro atoms. The Hall–Kier alpha value is -0.940. The van der Waals surface area contributed by atoms with Gasteiger partial charge in [0.05, 0.1) is 0 Å². The van der Waals surface area contributed by atoms with Gasteiger partial charge in [-0.25, -0.2) is 0 Å². The molecule has 0 aromatic carbocycles. The van der Waals surface area contributed by atoms with Gasteiger partial charge in [0.25, 0.3) is 0 Å². The van der Waals surface area contributed by atoms with E-state index >= 15 is 0 Å². The van der Waals surface area contributed by atoms with E-state index in [1.165, 1.54) is 25.8 Å². The Labute approximate surface area is 122 Å². The van der Waals surface area contributed by atoms with Gasteiger partial charge in [-0.2, -0.15) is 4.98 Å². The molecule has 1 aliphatic heterocycles. The zero-order valence-corrected chi connectivity index (χ0v) is 13.2. The average Bonchev–Trinajstić information content (AvgIpc) is 2.86. The number of likely N-dealkylation sites (N-methyl/N-ethyl adjacent to an activating group) is 1. The molecule has 2 heterocycles. The Morgan fingerprint density at radius 2 is 2.15 bits per heavy atom. The quantitative estimate of drug-likeness (QED) is 0.864. The van der Waals surface area contributed by atoms with Gasteiger partial charge < -0.3 is 9.84 Å². The van der Waals surface area contributed by atoms with E-state index in [0.29, 0.717) is 18.1 Å². The van der Waals surface area contributed by atoms with Crippen LogP contribution in [0.2, 0.25) is 0 Å². The fourth-order valence-electron chi connectivity index (χ4n) is 2.96. The normalized spacial score (nSPS) is 22.4. The van der Waals surface area contributed by atoms with Crippen LogP contribution in [-0.4, -0.2) is 46.8 Å². The molecule has 1 fully saturated rings. The summed E-state index contributed by atoms with van der Waals surface area (Å²) in [6.07, 6.45) is 5.57. The summed E-state index contributed by atoms with van der Waals surface area (Å²) < 4.78 is 5.43. The van der Waals surface area contributed by atoms with E-state index in [1.54, 1.807) is 0 Å². The first-order valence-electron chi connectivity index (χ1n) is 7.84. The van der Waals surface area contributed by atoms with Crippen LogP contribution in [0.15, 0.2) is 4.52 Å². The van der Waals surface area contributed by atoms with Crippen molar-refractivity contribution in [2.75, 3.05) is 13.6 Å². The molecule has 1 aromatic rings. The number of rotatable bonds is 6. The van der Waals surface area contributed by atoms with Crippen molar-refractivity contribution in [1.29, 1.82) is 0 Å². The summed E-state index contributed by atoms with van der Waals surface area (Å²) >= 11 is 0. The molecule has 0 aliphatic carbocycles. The molecule has 114 valence electrons. The van der Waals surface area contributed by atoms with Crippen molar-refractivity contribution in [2.24, 2.45) is 0 Å². The third kappa shape index (κ3) is 4.03. The molecule has 5 heteroatoms. The summed E-state index contributed by atoms with van der Waals surface area (Å²) in [5.41, 5.74) is 0. The molecule has 0 amide bonds. The molecule has 0 bridgehead atoms. The van der Waals surface area contributed by atoms with Crippen molar-refractivity contribution in [1.82, 2.24) is 20.4 Å². The van der Waals surface area contributed by atoms with Crippen LogP contribution in [-0.2, 0) is 12.8 Å². The monoisotopic (exact) mass is 280 g/mol. The van der Waals surface area contributed by atoms with Crippen LogP contribution in [0.3, 0.4) is 0 Å². The second-order valence-corrected chi connectivity index (χ2v) is 6.18. The van der Waals surface area contributed by atoms with Gasteiger partial charge in [0.2, 0.25) is 5.89 Å². The first-order valence-corrected chi connectivity index (χ1v) is 7.84. The predicted molar refractivity (Wildman–Crippen MR) is 79.7 cm³/mol. The van der Waals surface area contributed by atoms with Crippen molar-refractivity contribution in [2.45, 2.75) is 71.0 Å². The number of aromatic nitrogens is 2. The van der Waals surface area contributed by atoms with Crippen LogP contribution in [0.1, 0.15) is 51.7 Å². The molecular formula is C15H28N4O. The molecule has 2 rings (SSSR count). The fourth-order valence-corrected chi connectivity index (χ4v) is 2.96. The van der Waals surface area contributed by atoms with Crippen molar-refractivity contribution in [3.8, 4) is 0 Å². The molecule has 1 aliphatic rings. The smallest absolute Gasteiger partial charge is 0.228 e. The lowest BCUT2D eigenvalue weighted by atomic mass is 9.98. The molecule has 20 heavy (non-hydrogen) atoms. The lowest BCUT2D eigenvalue weighted by molar-refractivity contribution is 0.105. The Balaban J connectivity index is 1.94. The number of likely N-dealkylation sites (tertiary alicyclic amines) is 1. The van der Waals surface area contributed by atoms with E-state index in [1.807, 2.05) is 7.05 Å². The zero-order valence-electron chi connectivity index (χ0n) is 13.2. The second kappa shape index (κ2) is 7.18. The highest BCUT2D eigenvalue weighted by atomic mass is 16.5. The number of hydrogen-bond acceptors (Lipinski definition) is 5. The van der Waals surface area contributed by atoms with Crippen LogP contribution in [0.25, 0.3) is 0 Å². The summed E-state index contributed by atoms with van der Waals surface area (Å²) in [7, 11) is 1.95. The number of nitrogens with zero attached hydrogens (tertiary/aromatic N) is 3. The molecule has 0 radical (unpaired) electrons. The molecule has 1 N–H and O–H groups in total. The Morgan fingerprint density at radius 1 is 1.35 bits per heavy atom. The van der Waals surface area contributed by atoms with E-state index in [-0.39, 0.29) is 0 Å². The number of hydrogen-bond donors (Lipinski definition) is 1. The standard InChI is InChI=1S/C15H28N4O/c1-11(2)19-8-6-5-7-13(19)10-15-17-14(18-20-15)9-12(3)16-4/h11-13,16H,5-10H2,1-4H3. The largest absolute Gasteiger partial charge is 0.339 e. The summed E-state index contributed by atoms with van der Waals surface area (Å²) in [5, 5.41) is 7.29. The molecular weight excluding hydrogens is 252 g/mol. The lowest BCUT2D eigenvalue weighted by Crippen LogP contribution is -2.45. The van der Waals surface area contributed by atoms with Crippen molar-refractivity contribution >= 4 is 0 Å². The summed E-state index contributed by atoms with van der Waals surface area (Å²) in [5.74, 6) is 1.61. The molecule has 2 unspecified atom stereocenters. The van der Waals surface area contributed by atoms with Crippen LogP contribution < -0.4 is 5.32 Å². The van der Waals surface area contributed by atoms with Gasteiger partial charge in [-0.1, -0.05) is 11.6 Å². The maximum Gasteiger partial charge on any atom is 0.228 e. The minimum absolute atomic E-state index is 0.377. The van der Waals surface area contributed by atoms with Crippen LogP contribution in [0, 0.1) is 0 Å². The SMILES string of the molecule is CNC(C)Cc1noc(CC2CCCCN2C(C)C)n1. The number of piperidine rings is 1. The molecule has 5 nitrogen and oxygen atoms in total. The van der Waals surface area contributed by atoms with E-state index < -0.39 is 0 Å². The van der Waals surface area contributed by atoms with Crippen LogP contribution >= 0.6 is 0 Å². The second-order valence-electron chi connectivity index (χ2n) is 6.18. The maximum absolute atomic E-state index is 5.43. The summed E-state index contributed by atoms with van der Waals surface area (Å²) in [6, 6.07) is 1.52. The Kier molecular flexibility index (Phi) is 5.54. The van der Waals surface area contributed by atoms with Crippen LogP contribution in [0.5, 0.6) is 0 Å². The average molecular weight is 280 g/mol. The minimum atomic E-state index is 0.377. The third-order valence-electron chi connectivity index (χ3n) is 4.24. The highest BCUT2D eigenvalue weighted by Gasteiger charge is 2.26. The van der Waals surface area contributed by atoms with E-state index in [9.17, 15) is 0 Å². The highest BCUT2D eigenvalue weighted by molar-refractivity contribution is 4.93. The topological polar surface area (TPSA) is 54.2 Å². The van der Waals surface area contributed by atoms with Crippen molar-refractivity contribution < 1.29 is 4.52 Å². The van der Waals surface area contributed by atoms with Gasteiger partial charge in [-0.3, -0.25) is 4.90 Å². The zero-order chi connectivity index (χ0) is 14.5. The third-order valence-corrected chi connectivity index (χ3v) is 4.24. The van der Waals surface area contributed by atoms with Crippen molar-refractivity contribution in [3.05, 3.63) is 11.7 Å². The van der Waals surface area contributed by atoms with Gasteiger partial charge in [0.15, 0.2) is 5.82 Å². The van der Waals surface area contributed by atoms with Gasteiger partial charge in [-0.05, 0) is 47.2 Å². The lowest BCUT2D eigenvalue weighted by Gasteiger charge is -2.38. The highest BCUT2D eigenvalue weighted by Crippen LogP contribution is 2.22. The van der Waals surface area contributed by atoms with Crippen LogP contribution in [0.4, 0.5) is 0 Å². The molecule has 0 saturated carbocycles. The van der Waals surface area contributed by atoms with Gasteiger partial charge in [0, 0.05) is 31.0 Å². The van der Waals surface area contributed by atoms with Gasteiger partial charge in [-0.15, -0.1) is 0 Å². The first kappa shape index (κ1) is 15.4. The number of nitrogens with one attached hydrogen (secondary N) is 1. The first-order chi connectivity index (χ1) is 9.60. The molecule has 1 saturated heterocycles. The molecule has 2 atom stereocenters. The molecule has 1 aromatic heterocycles. The van der Waals surface area contributed by atoms with E-state index in [2.05, 4.69) is 41.1 Å². The van der Waals surface area contributed by atoms with Gasteiger partial charge in [0.1, 0.15) is 0 Å². The fraction of sp³-hybridized carbons (Fsp3) is 0.867. The Morgan fingerprint density at radius 3 is 2.85 bits per heavy atom. The van der Waals surface area contributed by atoms with Gasteiger partial charge >= 0.3 is 0 Å². The predicted octanol–water partition coefficient (Wildman–Crippen LogP) is 2.03. The summed E-state index contributed by atoms with van der Waals surface area (Å²) in [4.78, 5) is 7.11. The van der Waals surface area contributed by atoms with E-state index in [0.717, 1.165) is 24.6 Å².